The summed E-state index contributed by atoms with van der Waals surface area (Å²) >= 11 is 1.48. The van der Waals surface area contributed by atoms with Crippen LogP contribution in [0.15, 0.2) is 29.2 Å². The quantitative estimate of drug-likeness (QED) is 0.586. The number of carbonyl (C=O) groups excluding carboxylic acids is 1. The smallest absolute Gasteiger partial charge is 0.230 e. The average Bonchev–Trinajstić information content (AvgIpc) is 2.16. The van der Waals surface area contributed by atoms with Gasteiger partial charge in [-0.3, -0.25) is 4.79 Å². The predicted molar refractivity (Wildman–Crippen MR) is 60.0 cm³/mol. The monoisotopic (exact) mass is 210 g/mol. The van der Waals surface area contributed by atoms with Crippen LogP contribution in [0.3, 0.4) is 0 Å². The zero-order valence-electron chi connectivity index (χ0n) is 8.07. The Morgan fingerprint density at radius 1 is 1.43 bits per heavy atom. The van der Waals surface area contributed by atoms with Crippen molar-refractivity contribution in [2.24, 2.45) is 5.73 Å². The zero-order valence-corrected chi connectivity index (χ0v) is 8.88. The fraction of sp³-hybridized carbons (Fsp3) is 0.300. The molecule has 0 aliphatic rings. The molecule has 4 N–H and O–H groups in total. The first-order chi connectivity index (χ1) is 6.63. The molecule has 0 aromatic heterocycles. The lowest BCUT2D eigenvalue weighted by molar-refractivity contribution is -0.117. The van der Waals surface area contributed by atoms with Gasteiger partial charge in [0.25, 0.3) is 0 Å². The van der Waals surface area contributed by atoms with Crippen LogP contribution in [0, 0.1) is 0 Å². The van der Waals surface area contributed by atoms with Crippen molar-refractivity contribution in [1.29, 1.82) is 0 Å². The number of amides is 1. The van der Waals surface area contributed by atoms with E-state index in [9.17, 15) is 4.79 Å². The maximum atomic E-state index is 11.0. The van der Waals surface area contributed by atoms with Gasteiger partial charge in [0.2, 0.25) is 5.91 Å². The van der Waals surface area contributed by atoms with Gasteiger partial charge in [0.1, 0.15) is 0 Å². The van der Waals surface area contributed by atoms with E-state index in [4.69, 9.17) is 11.5 Å². The summed E-state index contributed by atoms with van der Waals surface area (Å²) in [4.78, 5) is 12.0. The third-order valence-electron chi connectivity index (χ3n) is 1.85. The van der Waals surface area contributed by atoms with Crippen LogP contribution >= 0.6 is 11.8 Å². The number of nitrogen functional groups attached to an aromatic ring is 1. The Balaban J connectivity index is 2.67. The molecule has 1 aromatic carbocycles. The first-order valence-corrected chi connectivity index (χ1v) is 5.33. The van der Waals surface area contributed by atoms with Gasteiger partial charge in [-0.25, -0.2) is 0 Å². The summed E-state index contributed by atoms with van der Waals surface area (Å²) in [6.07, 6.45) is 0.740. The Hall–Kier alpha value is -1.16. The second-order valence-corrected chi connectivity index (χ2v) is 4.26. The molecule has 1 aromatic rings. The molecular formula is C10H14N2OS. The van der Waals surface area contributed by atoms with Crippen molar-refractivity contribution in [3.05, 3.63) is 24.3 Å². The number of hydrogen-bond donors (Lipinski definition) is 2. The minimum absolute atomic E-state index is 0.154. The molecule has 0 spiro atoms. The van der Waals surface area contributed by atoms with Gasteiger partial charge in [-0.15, -0.1) is 11.8 Å². The highest BCUT2D eigenvalue weighted by molar-refractivity contribution is 8.00. The van der Waals surface area contributed by atoms with Crippen molar-refractivity contribution < 1.29 is 4.79 Å². The molecule has 1 atom stereocenters. The van der Waals surface area contributed by atoms with Crippen molar-refractivity contribution in [1.82, 2.24) is 0 Å². The minimum Gasteiger partial charge on any atom is -0.399 e. The van der Waals surface area contributed by atoms with E-state index in [1.807, 2.05) is 31.2 Å². The highest BCUT2D eigenvalue weighted by Crippen LogP contribution is 2.25. The van der Waals surface area contributed by atoms with Crippen LogP contribution in [0.4, 0.5) is 5.69 Å². The number of hydrogen-bond acceptors (Lipinski definition) is 3. The Morgan fingerprint density at radius 2 is 2.00 bits per heavy atom. The second-order valence-electron chi connectivity index (χ2n) is 2.99. The maximum absolute atomic E-state index is 11.0. The number of thioether (sulfide) groups is 1. The van der Waals surface area contributed by atoms with Gasteiger partial charge < -0.3 is 11.5 Å². The molecule has 0 heterocycles. The molecule has 3 nitrogen and oxygen atoms in total. The molecular weight excluding hydrogens is 196 g/mol. The molecule has 0 aliphatic carbocycles. The summed E-state index contributed by atoms with van der Waals surface area (Å²) < 4.78 is 0. The SMILES string of the molecule is CCC(Sc1ccc(N)cc1)C(N)=O. The van der Waals surface area contributed by atoms with Gasteiger partial charge >= 0.3 is 0 Å². The van der Waals surface area contributed by atoms with Crippen LogP contribution < -0.4 is 11.5 Å². The first-order valence-electron chi connectivity index (χ1n) is 4.45. The van der Waals surface area contributed by atoms with Crippen molar-refractivity contribution in [3.8, 4) is 0 Å². The summed E-state index contributed by atoms with van der Waals surface area (Å²) in [6, 6.07) is 7.42. The third kappa shape index (κ3) is 2.96. The molecule has 0 saturated carbocycles. The van der Waals surface area contributed by atoms with Crippen molar-refractivity contribution in [2.75, 3.05) is 5.73 Å². The second kappa shape index (κ2) is 4.91. The molecule has 4 heteroatoms. The molecule has 76 valence electrons. The highest BCUT2D eigenvalue weighted by atomic mass is 32.2. The summed E-state index contributed by atoms with van der Waals surface area (Å²) in [6.45, 7) is 1.94. The number of benzene rings is 1. The minimum atomic E-state index is -0.269. The van der Waals surface area contributed by atoms with Gasteiger partial charge in [0.15, 0.2) is 0 Å². The van der Waals surface area contributed by atoms with Crippen LogP contribution in [0.1, 0.15) is 13.3 Å². The Bertz CT molecular complexity index is 310. The topological polar surface area (TPSA) is 69.1 Å². The summed E-state index contributed by atoms with van der Waals surface area (Å²) in [5, 5.41) is -0.154. The van der Waals surface area contributed by atoms with E-state index in [1.54, 1.807) is 0 Å². The van der Waals surface area contributed by atoms with Crippen molar-refractivity contribution in [3.63, 3.8) is 0 Å². The van der Waals surface area contributed by atoms with E-state index in [0.717, 1.165) is 17.0 Å². The summed E-state index contributed by atoms with van der Waals surface area (Å²) in [7, 11) is 0. The van der Waals surface area contributed by atoms with E-state index in [1.165, 1.54) is 11.8 Å². The lowest BCUT2D eigenvalue weighted by atomic mass is 10.3. The molecule has 0 fully saturated rings. The molecule has 0 saturated heterocycles. The molecule has 14 heavy (non-hydrogen) atoms. The third-order valence-corrected chi connectivity index (χ3v) is 3.24. The largest absolute Gasteiger partial charge is 0.399 e. The Kier molecular flexibility index (Phi) is 3.83. The number of nitrogens with two attached hydrogens (primary N) is 2. The van der Waals surface area contributed by atoms with E-state index < -0.39 is 0 Å². The highest BCUT2D eigenvalue weighted by Gasteiger charge is 2.13. The van der Waals surface area contributed by atoms with Crippen molar-refractivity contribution >= 4 is 23.4 Å². The number of primary amides is 1. The standard InChI is InChI=1S/C10H14N2OS/c1-2-9(10(12)13)14-8-5-3-7(11)4-6-8/h3-6,9H,2,11H2,1H3,(H2,12,13). The van der Waals surface area contributed by atoms with Crippen LogP contribution in [0.2, 0.25) is 0 Å². The van der Waals surface area contributed by atoms with Gasteiger partial charge in [-0.1, -0.05) is 6.92 Å². The van der Waals surface area contributed by atoms with Crippen LogP contribution in [-0.2, 0) is 4.79 Å². The lowest BCUT2D eigenvalue weighted by Crippen LogP contribution is -2.24. The molecule has 0 aliphatic heterocycles. The van der Waals surface area contributed by atoms with Gasteiger partial charge in [-0.2, -0.15) is 0 Å². The predicted octanol–water partition coefficient (Wildman–Crippen LogP) is 1.62. The number of rotatable bonds is 4. The van der Waals surface area contributed by atoms with Gasteiger partial charge in [-0.05, 0) is 30.7 Å². The number of anilines is 1. The number of carbonyl (C=O) groups is 1. The van der Waals surface area contributed by atoms with Crippen molar-refractivity contribution in [2.45, 2.75) is 23.5 Å². The molecule has 1 amide bonds. The normalized spacial score (nSPS) is 12.4. The maximum Gasteiger partial charge on any atom is 0.230 e. The summed E-state index contributed by atoms with van der Waals surface area (Å²) in [5.41, 5.74) is 11.5. The molecule has 0 radical (unpaired) electrons. The van der Waals surface area contributed by atoms with E-state index >= 15 is 0 Å². The molecule has 1 unspecified atom stereocenters. The Labute approximate surface area is 87.9 Å². The molecule has 1 rings (SSSR count). The average molecular weight is 210 g/mol. The van der Waals surface area contributed by atoms with E-state index in [0.29, 0.717) is 0 Å². The van der Waals surface area contributed by atoms with Gasteiger partial charge in [0.05, 0.1) is 5.25 Å². The van der Waals surface area contributed by atoms with Crippen LogP contribution in [0.25, 0.3) is 0 Å². The van der Waals surface area contributed by atoms with E-state index in [2.05, 4.69) is 0 Å². The van der Waals surface area contributed by atoms with E-state index in [-0.39, 0.29) is 11.2 Å². The summed E-state index contributed by atoms with van der Waals surface area (Å²) in [5.74, 6) is -0.269. The Morgan fingerprint density at radius 3 is 2.43 bits per heavy atom. The van der Waals surface area contributed by atoms with Crippen LogP contribution in [0.5, 0.6) is 0 Å². The zero-order chi connectivity index (χ0) is 10.6. The first kappa shape index (κ1) is 10.9. The lowest BCUT2D eigenvalue weighted by Gasteiger charge is -2.09. The fourth-order valence-electron chi connectivity index (χ4n) is 1.05. The fourth-order valence-corrected chi connectivity index (χ4v) is 1.96. The van der Waals surface area contributed by atoms with Gasteiger partial charge in [0, 0.05) is 10.6 Å². The molecule has 0 bridgehead atoms. The van der Waals surface area contributed by atoms with Crippen LogP contribution in [-0.4, -0.2) is 11.2 Å².